The van der Waals surface area contributed by atoms with Crippen molar-refractivity contribution in [3.63, 3.8) is 0 Å². The van der Waals surface area contributed by atoms with Crippen LogP contribution in [0.3, 0.4) is 0 Å². The molecule has 2 aromatic carbocycles. The molecular formula is C17H19ClN2O. The summed E-state index contributed by atoms with van der Waals surface area (Å²) in [6.45, 7) is 2.59. The van der Waals surface area contributed by atoms with Gasteiger partial charge in [-0.15, -0.1) is 0 Å². The quantitative estimate of drug-likeness (QED) is 0.911. The maximum atomic E-state index is 12.2. The molecule has 0 radical (unpaired) electrons. The number of nitrogens with one attached hydrogen (secondary N) is 1. The van der Waals surface area contributed by atoms with Crippen LogP contribution in [0.25, 0.3) is 0 Å². The average Bonchev–Trinajstić information content (AvgIpc) is 2.49. The van der Waals surface area contributed by atoms with Crippen LogP contribution in [0.4, 0.5) is 5.69 Å². The van der Waals surface area contributed by atoms with E-state index in [0.717, 1.165) is 16.3 Å². The van der Waals surface area contributed by atoms with Crippen LogP contribution in [0.15, 0.2) is 54.6 Å². The maximum Gasteiger partial charge on any atom is 0.241 e. The summed E-state index contributed by atoms with van der Waals surface area (Å²) in [5.41, 5.74) is 1.94. The van der Waals surface area contributed by atoms with Crippen molar-refractivity contribution in [2.45, 2.75) is 19.5 Å². The third-order valence-corrected chi connectivity index (χ3v) is 3.68. The molecule has 0 bridgehead atoms. The van der Waals surface area contributed by atoms with Gasteiger partial charge in [-0.2, -0.15) is 0 Å². The number of carbonyl (C=O) groups is 1. The van der Waals surface area contributed by atoms with Crippen molar-refractivity contribution in [1.82, 2.24) is 4.90 Å². The van der Waals surface area contributed by atoms with Gasteiger partial charge in [-0.3, -0.25) is 9.69 Å². The van der Waals surface area contributed by atoms with Crippen molar-refractivity contribution in [3.8, 4) is 0 Å². The van der Waals surface area contributed by atoms with E-state index >= 15 is 0 Å². The van der Waals surface area contributed by atoms with Crippen LogP contribution in [0.5, 0.6) is 0 Å². The van der Waals surface area contributed by atoms with Gasteiger partial charge in [0.2, 0.25) is 5.91 Å². The first-order chi connectivity index (χ1) is 10.1. The Morgan fingerprint density at radius 2 is 1.76 bits per heavy atom. The van der Waals surface area contributed by atoms with Crippen LogP contribution in [-0.4, -0.2) is 23.9 Å². The fourth-order valence-corrected chi connectivity index (χ4v) is 2.11. The molecule has 0 unspecified atom stereocenters. The molecule has 2 rings (SSSR count). The highest BCUT2D eigenvalue weighted by Crippen LogP contribution is 2.13. The highest BCUT2D eigenvalue weighted by molar-refractivity contribution is 6.30. The summed E-state index contributed by atoms with van der Waals surface area (Å²) >= 11 is 5.87. The summed E-state index contributed by atoms with van der Waals surface area (Å²) in [5.74, 6) is -0.0161. The zero-order valence-electron chi connectivity index (χ0n) is 12.2. The van der Waals surface area contributed by atoms with E-state index in [0.29, 0.717) is 6.54 Å². The van der Waals surface area contributed by atoms with Crippen LogP contribution in [-0.2, 0) is 11.3 Å². The summed E-state index contributed by atoms with van der Waals surface area (Å²) in [5, 5.41) is 3.63. The number of hydrogen-bond donors (Lipinski definition) is 1. The SMILES string of the molecule is C[C@@H](C(=O)Nc1ccccc1)N(C)Cc1ccc(Cl)cc1. The topological polar surface area (TPSA) is 32.3 Å². The molecule has 1 N–H and O–H groups in total. The molecule has 21 heavy (non-hydrogen) atoms. The molecule has 0 heterocycles. The lowest BCUT2D eigenvalue weighted by molar-refractivity contribution is -0.120. The molecule has 0 aliphatic carbocycles. The van der Waals surface area contributed by atoms with E-state index in [-0.39, 0.29) is 11.9 Å². The minimum absolute atomic E-state index is 0.0161. The lowest BCUT2D eigenvalue weighted by Crippen LogP contribution is -2.39. The molecule has 0 aromatic heterocycles. The smallest absolute Gasteiger partial charge is 0.241 e. The van der Waals surface area contributed by atoms with Crippen LogP contribution >= 0.6 is 11.6 Å². The summed E-state index contributed by atoms with van der Waals surface area (Å²) in [7, 11) is 1.93. The summed E-state index contributed by atoms with van der Waals surface area (Å²) in [6, 6.07) is 16.9. The molecule has 1 atom stereocenters. The minimum atomic E-state index is -0.221. The van der Waals surface area contributed by atoms with Crippen molar-refractivity contribution in [1.29, 1.82) is 0 Å². The Morgan fingerprint density at radius 1 is 1.14 bits per heavy atom. The fourth-order valence-electron chi connectivity index (χ4n) is 1.98. The van der Waals surface area contributed by atoms with Gasteiger partial charge < -0.3 is 5.32 Å². The first-order valence-corrected chi connectivity index (χ1v) is 7.24. The fraction of sp³-hybridized carbons (Fsp3) is 0.235. The monoisotopic (exact) mass is 302 g/mol. The molecule has 0 saturated heterocycles. The zero-order valence-corrected chi connectivity index (χ0v) is 13.0. The Labute approximate surface area is 130 Å². The summed E-state index contributed by atoms with van der Waals surface area (Å²) < 4.78 is 0. The standard InChI is InChI=1S/C17H19ClN2O/c1-13(17(21)19-16-6-4-3-5-7-16)20(2)12-14-8-10-15(18)11-9-14/h3-11,13H,12H2,1-2H3,(H,19,21)/t13-/m0/s1. The number of para-hydroxylation sites is 1. The average molecular weight is 303 g/mol. The summed E-state index contributed by atoms with van der Waals surface area (Å²) in [6.07, 6.45) is 0. The van der Waals surface area contributed by atoms with E-state index in [1.54, 1.807) is 0 Å². The number of rotatable bonds is 5. The third kappa shape index (κ3) is 4.59. The van der Waals surface area contributed by atoms with Crippen molar-refractivity contribution in [3.05, 3.63) is 65.2 Å². The van der Waals surface area contributed by atoms with Gasteiger partial charge in [-0.25, -0.2) is 0 Å². The molecule has 0 aliphatic rings. The van der Waals surface area contributed by atoms with E-state index in [9.17, 15) is 4.79 Å². The van der Waals surface area contributed by atoms with Crippen molar-refractivity contribution in [2.75, 3.05) is 12.4 Å². The van der Waals surface area contributed by atoms with Gasteiger partial charge in [0.1, 0.15) is 0 Å². The molecule has 0 aliphatic heterocycles. The molecule has 0 fully saturated rings. The highest BCUT2D eigenvalue weighted by Gasteiger charge is 2.18. The number of halogens is 1. The zero-order chi connectivity index (χ0) is 15.2. The Hall–Kier alpha value is -1.84. The molecule has 3 nitrogen and oxygen atoms in total. The predicted octanol–water partition coefficient (Wildman–Crippen LogP) is 3.80. The number of anilines is 1. The van der Waals surface area contributed by atoms with Gasteiger partial charge in [0.15, 0.2) is 0 Å². The molecule has 110 valence electrons. The Kier molecular flexibility index (Phi) is 5.37. The van der Waals surface area contributed by atoms with E-state index < -0.39 is 0 Å². The number of benzene rings is 2. The predicted molar refractivity (Wildman–Crippen MR) is 87.5 cm³/mol. The lowest BCUT2D eigenvalue weighted by Gasteiger charge is -2.24. The van der Waals surface area contributed by atoms with Crippen LogP contribution in [0.2, 0.25) is 5.02 Å². The minimum Gasteiger partial charge on any atom is -0.325 e. The first-order valence-electron chi connectivity index (χ1n) is 6.87. The van der Waals surface area contributed by atoms with Crippen LogP contribution in [0.1, 0.15) is 12.5 Å². The van der Waals surface area contributed by atoms with Gasteiger partial charge in [0.25, 0.3) is 0 Å². The maximum absolute atomic E-state index is 12.2. The number of amides is 1. The van der Waals surface area contributed by atoms with Gasteiger partial charge in [0.05, 0.1) is 6.04 Å². The van der Waals surface area contributed by atoms with E-state index in [1.807, 2.05) is 73.5 Å². The van der Waals surface area contributed by atoms with Gasteiger partial charge in [-0.1, -0.05) is 41.9 Å². The molecule has 0 saturated carbocycles. The Bertz CT molecular complexity index is 583. The molecular weight excluding hydrogens is 284 g/mol. The highest BCUT2D eigenvalue weighted by atomic mass is 35.5. The van der Waals surface area contributed by atoms with Crippen LogP contribution in [0, 0.1) is 0 Å². The van der Waals surface area contributed by atoms with E-state index in [2.05, 4.69) is 5.32 Å². The lowest BCUT2D eigenvalue weighted by atomic mass is 10.2. The van der Waals surface area contributed by atoms with Gasteiger partial charge in [0, 0.05) is 17.3 Å². The van der Waals surface area contributed by atoms with Gasteiger partial charge >= 0.3 is 0 Å². The van der Waals surface area contributed by atoms with Crippen molar-refractivity contribution >= 4 is 23.2 Å². The van der Waals surface area contributed by atoms with E-state index in [1.165, 1.54) is 0 Å². The second-order valence-electron chi connectivity index (χ2n) is 5.07. The molecule has 4 heteroatoms. The first kappa shape index (κ1) is 15.5. The molecule has 2 aromatic rings. The number of carbonyl (C=O) groups excluding carboxylic acids is 1. The van der Waals surface area contributed by atoms with Crippen LogP contribution < -0.4 is 5.32 Å². The second-order valence-corrected chi connectivity index (χ2v) is 5.51. The van der Waals surface area contributed by atoms with E-state index in [4.69, 9.17) is 11.6 Å². The Balaban J connectivity index is 1.93. The molecule has 1 amide bonds. The third-order valence-electron chi connectivity index (χ3n) is 3.43. The summed E-state index contributed by atoms with van der Waals surface area (Å²) in [4.78, 5) is 14.2. The van der Waals surface area contributed by atoms with Gasteiger partial charge in [-0.05, 0) is 43.8 Å². The van der Waals surface area contributed by atoms with Crippen molar-refractivity contribution < 1.29 is 4.79 Å². The Morgan fingerprint density at radius 3 is 2.38 bits per heavy atom. The number of nitrogens with zero attached hydrogens (tertiary/aromatic N) is 1. The molecule has 0 spiro atoms. The van der Waals surface area contributed by atoms with Crippen molar-refractivity contribution in [2.24, 2.45) is 0 Å². The normalized spacial score (nSPS) is 12.2. The second kappa shape index (κ2) is 7.25. The largest absolute Gasteiger partial charge is 0.325 e. The number of hydrogen-bond acceptors (Lipinski definition) is 2. The number of likely N-dealkylation sites (N-methyl/N-ethyl adjacent to an activating group) is 1.